The number of nitrogens with zero attached hydrogens (tertiary/aromatic N) is 1. The van der Waals surface area contributed by atoms with Gasteiger partial charge in [-0.05, 0) is 12.1 Å². The molecule has 0 aromatic heterocycles. The van der Waals surface area contributed by atoms with E-state index in [1.165, 1.54) is 12.1 Å². The highest BCUT2D eigenvalue weighted by molar-refractivity contribution is 6.83. The third-order valence-electron chi connectivity index (χ3n) is 2.27. The Bertz CT molecular complexity index is 625. The van der Waals surface area contributed by atoms with E-state index in [-0.39, 0.29) is 21.3 Å². The molecule has 8 heteroatoms. The fraction of sp³-hybridized carbons (Fsp3) is 0. The maximum Gasteiger partial charge on any atom is 0.298 e. The number of anilines is 1. The van der Waals surface area contributed by atoms with Gasteiger partial charge in [-0.3, -0.25) is 14.4 Å². The molecule has 1 aromatic rings. The molecule has 0 aliphatic carbocycles. The molecule has 92 valence electrons. The van der Waals surface area contributed by atoms with Crippen molar-refractivity contribution < 1.29 is 19.6 Å². The van der Waals surface area contributed by atoms with E-state index >= 15 is 0 Å². The van der Waals surface area contributed by atoms with Crippen molar-refractivity contribution in [2.75, 3.05) is 5.32 Å². The maximum atomic E-state index is 11.9. The Hall–Kier alpha value is -1.92. The van der Waals surface area contributed by atoms with Crippen molar-refractivity contribution in [3.8, 4) is 0 Å². The zero-order chi connectivity index (χ0) is 13.4. The molecule has 0 atom stereocenters. The number of Topliss-reactive ketones (excluding diaryl/α,β-unsaturated/α-hetero) is 2. The van der Waals surface area contributed by atoms with Crippen molar-refractivity contribution in [3.05, 3.63) is 27.7 Å². The number of amides is 1. The van der Waals surface area contributed by atoms with Crippen LogP contribution in [-0.4, -0.2) is 28.4 Å². The number of benzene rings is 1. The minimum absolute atomic E-state index is 0.00509. The lowest BCUT2D eigenvalue weighted by atomic mass is 10.0. The molecule has 6 nitrogen and oxygen atoms in total. The fourth-order valence-electron chi connectivity index (χ4n) is 1.50. The molecule has 1 aliphatic rings. The van der Waals surface area contributed by atoms with Gasteiger partial charge >= 0.3 is 0 Å². The molecular weight excluding hydrogens is 283 g/mol. The number of carbonyl (C=O) groups is 3. The normalized spacial score (nSPS) is 17.4. The van der Waals surface area contributed by atoms with Crippen LogP contribution in [0.1, 0.15) is 10.4 Å². The van der Waals surface area contributed by atoms with E-state index in [1.54, 1.807) is 0 Å². The molecule has 0 spiro atoms. The summed E-state index contributed by atoms with van der Waals surface area (Å²) in [5.74, 6) is -3.29. The summed E-state index contributed by atoms with van der Waals surface area (Å²) in [6.07, 6.45) is 0. The van der Waals surface area contributed by atoms with Crippen LogP contribution in [0.3, 0.4) is 0 Å². The number of fused-ring (bicyclic) bond motifs is 1. The summed E-state index contributed by atoms with van der Waals surface area (Å²) in [7, 11) is 0. The zero-order valence-electron chi connectivity index (χ0n) is 8.53. The number of nitrogens with one attached hydrogen (secondary N) is 1. The smallest absolute Gasteiger partial charge is 0.298 e. The van der Waals surface area contributed by atoms with Gasteiger partial charge in [-0.15, -0.1) is 0 Å². The van der Waals surface area contributed by atoms with E-state index in [1.807, 2.05) is 0 Å². The van der Waals surface area contributed by atoms with E-state index in [9.17, 15) is 14.4 Å². The Morgan fingerprint density at radius 3 is 2.39 bits per heavy atom. The van der Waals surface area contributed by atoms with Crippen LogP contribution in [-0.2, 0) is 9.59 Å². The highest BCUT2D eigenvalue weighted by atomic mass is 35.5. The Labute approximate surface area is 110 Å². The highest BCUT2D eigenvalue weighted by Gasteiger charge is 2.35. The summed E-state index contributed by atoms with van der Waals surface area (Å²) in [5, 5.41) is 13.5. The number of ketones is 2. The summed E-state index contributed by atoms with van der Waals surface area (Å²) in [6.45, 7) is 0. The number of carbonyl (C=O) groups excluding carboxylic acids is 3. The third-order valence-corrected chi connectivity index (χ3v) is 2.78. The topological polar surface area (TPSA) is 95.8 Å². The van der Waals surface area contributed by atoms with E-state index in [0.29, 0.717) is 0 Å². The average molecular weight is 287 g/mol. The van der Waals surface area contributed by atoms with Crippen molar-refractivity contribution in [3.63, 3.8) is 0 Å². The van der Waals surface area contributed by atoms with Crippen LogP contribution in [0.15, 0.2) is 17.3 Å². The van der Waals surface area contributed by atoms with Gasteiger partial charge in [-0.2, -0.15) is 0 Å². The molecule has 0 saturated heterocycles. The van der Waals surface area contributed by atoms with E-state index in [0.717, 1.165) is 0 Å². The van der Waals surface area contributed by atoms with Crippen LogP contribution in [0.2, 0.25) is 10.0 Å². The van der Waals surface area contributed by atoms with E-state index in [4.69, 9.17) is 28.4 Å². The molecule has 1 aliphatic heterocycles. The molecule has 2 N–H and O–H groups in total. The summed E-state index contributed by atoms with van der Waals surface area (Å²) in [5.41, 5.74) is -1.04. The Balaban J connectivity index is 2.75. The highest BCUT2D eigenvalue weighted by Crippen LogP contribution is 2.31. The van der Waals surface area contributed by atoms with Crippen molar-refractivity contribution in [2.45, 2.75) is 0 Å². The number of oxime groups is 1. The van der Waals surface area contributed by atoms with Crippen LogP contribution < -0.4 is 5.32 Å². The van der Waals surface area contributed by atoms with Crippen molar-refractivity contribution in [2.24, 2.45) is 5.16 Å². The van der Waals surface area contributed by atoms with Gasteiger partial charge in [-0.25, -0.2) is 0 Å². The predicted molar refractivity (Wildman–Crippen MR) is 63.7 cm³/mol. The molecular formula is C10H4Cl2N2O4. The standard InChI is InChI=1S/C10H4Cl2N2O4/c11-3-1-4(12)6-5(2-3)13-10(17)9(16)7(14-18)8(6)15/h1-2,18H,(H,13,17)/b14-7-. The largest absolute Gasteiger partial charge is 0.410 e. The quantitative estimate of drug-likeness (QED) is 0.429. The number of rotatable bonds is 0. The second-order valence-corrected chi connectivity index (χ2v) is 4.21. The zero-order valence-corrected chi connectivity index (χ0v) is 10.0. The molecule has 0 radical (unpaired) electrons. The Morgan fingerprint density at radius 1 is 1.11 bits per heavy atom. The van der Waals surface area contributed by atoms with Crippen LogP contribution in [0.4, 0.5) is 5.69 Å². The first kappa shape index (κ1) is 12.5. The minimum Gasteiger partial charge on any atom is -0.410 e. The van der Waals surface area contributed by atoms with Gasteiger partial charge in [-0.1, -0.05) is 28.4 Å². The third kappa shape index (κ3) is 1.85. The molecule has 0 unspecified atom stereocenters. The van der Waals surface area contributed by atoms with Crippen molar-refractivity contribution in [1.29, 1.82) is 0 Å². The lowest BCUT2D eigenvalue weighted by Crippen LogP contribution is -2.31. The molecule has 1 aromatic carbocycles. The van der Waals surface area contributed by atoms with Crippen LogP contribution in [0, 0.1) is 0 Å². The number of halogens is 2. The SMILES string of the molecule is O=C1Nc2cc(Cl)cc(Cl)c2C(=O)/C(=N/O)C1=O. The van der Waals surface area contributed by atoms with Crippen molar-refractivity contribution in [1.82, 2.24) is 0 Å². The van der Waals surface area contributed by atoms with E-state index < -0.39 is 23.2 Å². The van der Waals surface area contributed by atoms with Crippen LogP contribution >= 0.6 is 23.2 Å². The second kappa shape index (κ2) is 4.40. The predicted octanol–water partition coefficient (Wildman–Crippen LogP) is 1.53. The van der Waals surface area contributed by atoms with Gasteiger partial charge in [0.15, 0.2) is 0 Å². The minimum atomic E-state index is -1.24. The van der Waals surface area contributed by atoms with Gasteiger partial charge in [0.2, 0.25) is 11.5 Å². The first-order chi connectivity index (χ1) is 8.45. The molecule has 1 amide bonds. The van der Waals surface area contributed by atoms with Gasteiger partial charge < -0.3 is 10.5 Å². The molecule has 2 rings (SSSR count). The lowest BCUT2D eigenvalue weighted by molar-refractivity contribution is -0.130. The molecule has 18 heavy (non-hydrogen) atoms. The molecule has 0 bridgehead atoms. The Kier molecular flexibility index (Phi) is 3.06. The monoisotopic (exact) mass is 286 g/mol. The first-order valence-corrected chi connectivity index (χ1v) is 5.32. The Morgan fingerprint density at radius 2 is 1.78 bits per heavy atom. The molecule has 1 heterocycles. The second-order valence-electron chi connectivity index (χ2n) is 3.37. The van der Waals surface area contributed by atoms with Crippen LogP contribution in [0.5, 0.6) is 0 Å². The van der Waals surface area contributed by atoms with Gasteiger partial charge in [0.1, 0.15) is 0 Å². The lowest BCUT2D eigenvalue weighted by Gasteiger charge is -2.07. The summed E-state index contributed by atoms with van der Waals surface area (Å²) in [4.78, 5) is 34.8. The summed E-state index contributed by atoms with van der Waals surface area (Å²) >= 11 is 11.6. The fourth-order valence-corrected chi connectivity index (χ4v) is 2.08. The van der Waals surface area contributed by atoms with Crippen LogP contribution in [0.25, 0.3) is 0 Å². The maximum absolute atomic E-state index is 11.9. The number of hydrogen-bond acceptors (Lipinski definition) is 5. The number of hydrogen-bond donors (Lipinski definition) is 2. The van der Waals surface area contributed by atoms with Gasteiger partial charge in [0.25, 0.3) is 11.7 Å². The molecule has 0 fully saturated rings. The van der Waals surface area contributed by atoms with E-state index in [2.05, 4.69) is 10.5 Å². The summed E-state index contributed by atoms with van der Waals surface area (Å²) < 4.78 is 0. The van der Waals surface area contributed by atoms with Gasteiger partial charge in [0, 0.05) is 5.02 Å². The summed E-state index contributed by atoms with van der Waals surface area (Å²) in [6, 6.07) is 2.54. The molecule has 0 saturated carbocycles. The average Bonchev–Trinajstić information content (AvgIpc) is 2.35. The first-order valence-electron chi connectivity index (χ1n) is 4.57. The van der Waals surface area contributed by atoms with Gasteiger partial charge in [0.05, 0.1) is 16.3 Å². The van der Waals surface area contributed by atoms with Crippen molar-refractivity contribution >= 4 is 52.1 Å².